The highest BCUT2D eigenvalue weighted by Gasteiger charge is 2.24. The van der Waals surface area contributed by atoms with Gasteiger partial charge in [0, 0.05) is 49.4 Å². The molecule has 0 radical (unpaired) electrons. The number of carbonyl (C=O) groups excluding carboxylic acids is 1. The predicted molar refractivity (Wildman–Crippen MR) is 136 cm³/mol. The number of nitrogens with zero attached hydrogens (tertiary/aromatic N) is 4. The van der Waals surface area contributed by atoms with E-state index in [-0.39, 0.29) is 5.91 Å². The fourth-order valence-electron chi connectivity index (χ4n) is 4.41. The Balaban J connectivity index is 1.22. The first-order valence-corrected chi connectivity index (χ1v) is 12.7. The summed E-state index contributed by atoms with van der Waals surface area (Å²) in [7, 11) is 0. The summed E-state index contributed by atoms with van der Waals surface area (Å²) in [5, 5.41) is 11.0. The lowest BCUT2D eigenvalue weighted by atomic mass is 10.1. The van der Waals surface area contributed by atoms with Crippen LogP contribution in [0.1, 0.15) is 16.0 Å². The molecule has 1 fully saturated rings. The summed E-state index contributed by atoms with van der Waals surface area (Å²) in [6.07, 6.45) is 0. The summed E-state index contributed by atoms with van der Waals surface area (Å²) in [5.41, 5.74) is 2.71. The van der Waals surface area contributed by atoms with Crippen molar-refractivity contribution in [3.8, 4) is 17.6 Å². The summed E-state index contributed by atoms with van der Waals surface area (Å²) in [6.45, 7) is 6.33. The lowest BCUT2D eigenvalue weighted by Crippen LogP contribution is -2.49. The van der Waals surface area contributed by atoms with Gasteiger partial charge in [-0.25, -0.2) is 0 Å². The van der Waals surface area contributed by atoms with Crippen molar-refractivity contribution >= 4 is 22.9 Å². The van der Waals surface area contributed by atoms with Gasteiger partial charge in [0.1, 0.15) is 13.2 Å². The maximum atomic E-state index is 13.5. The highest BCUT2D eigenvalue weighted by Crippen LogP contribution is 2.34. The van der Waals surface area contributed by atoms with E-state index in [0.717, 1.165) is 49.0 Å². The number of benzene rings is 2. The SMILES string of the molecule is N#Cc1ccc(CN2CCN(CC(=O)N(Cc3cccs3)c3ccc4c(c3)OCCO4)CC2)cc1. The van der Waals surface area contributed by atoms with Crippen LogP contribution in [0.2, 0.25) is 0 Å². The van der Waals surface area contributed by atoms with Gasteiger partial charge in [0.05, 0.1) is 24.7 Å². The molecule has 2 aliphatic rings. The van der Waals surface area contributed by atoms with Crippen molar-refractivity contribution in [3.05, 3.63) is 76.0 Å². The Labute approximate surface area is 209 Å². The molecular weight excluding hydrogens is 460 g/mol. The zero-order chi connectivity index (χ0) is 24.0. The van der Waals surface area contributed by atoms with E-state index in [9.17, 15) is 4.79 Å². The van der Waals surface area contributed by atoms with Crippen LogP contribution in [-0.2, 0) is 17.9 Å². The molecule has 0 saturated carbocycles. The fraction of sp³-hybridized carbons (Fsp3) is 0.333. The number of amides is 1. The molecule has 7 nitrogen and oxygen atoms in total. The zero-order valence-electron chi connectivity index (χ0n) is 19.6. The number of fused-ring (bicyclic) bond motifs is 1. The van der Waals surface area contributed by atoms with Crippen LogP contribution in [0.3, 0.4) is 0 Å². The van der Waals surface area contributed by atoms with E-state index in [1.54, 1.807) is 11.3 Å². The van der Waals surface area contributed by atoms with Crippen molar-refractivity contribution < 1.29 is 14.3 Å². The molecule has 0 bridgehead atoms. The molecule has 1 aromatic heterocycles. The highest BCUT2D eigenvalue weighted by atomic mass is 32.1. The third-order valence-corrected chi connectivity index (χ3v) is 7.21. The van der Waals surface area contributed by atoms with Gasteiger partial charge in [-0.1, -0.05) is 18.2 Å². The quantitative estimate of drug-likeness (QED) is 0.505. The average molecular weight is 489 g/mol. The summed E-state index contributed by atoms with van der Waals surface area (Å²) in [6, 6.07) is 19.7. The van der Waals surface area contributed by atoms with Gasteiger partial charge in [-0.05, 0) is 41.3 Å². The molecule has 35 heavy (non-hydrogen) atoms. The minimum atomic E-state index is 0.0793. The Morgan fingerprint density at radius 2 is 1.71 bits per heavy atom. The van der Waals surface area contributed by atoms with E-state index in [4.69, 9.17) is 14.7 Å². The zero-order valence-corrected chi connectivity index (χ0v) is 20.4. The smallest absolute Gasteiger partial charge is 0.241 e. The number of piperazine rings is 1. The standard InChI is InChI=1S/C27H28N4O3S/c28-17-21-3-5-22(6-4-21)18-29-9-11-30(12-10-29)20-27(32)31(19-24-2-1-15-35-24)23-7-8-25-26(16-23)34-14-13-33-25/h1-8,15-16H,9-14,18-20H2. The van der Waals surface area contributed by atoms with Gasteiger partial charge < -0.3 is 14.4 Å². The molecular formula is C27H28N4O3S. The van der Waals surface area contributed by atoms with Crippen molar-refractivity contribution in [2.45, 2.75) is 13.1 Å². The third kappa shape index (κ3) is 5.82. The number of rotatable bonds is 7. The normalized spacial score (nSPS) is 16.0. The number of ether oxygens (including phenoxy) is 2. The summed E-state index contributed by atoms with van der Waals surface area (Å²) < 4.78 is 11.4. The molecule has 0 unspecified atom stereocenters. The van der Waals surface area contributed by atoms with Crippen LogP contribution in [0.4, 0.5) is 5.69 Å². The Hall–Kier alpha value is -3.38. The van der Waals surface area contributed by atoms with Gasteiger partial charge in [-0.15, -0.1) is 11.3 Å². The van der Waals surface area contributed by atoms with Gasteiger partial charge in [-0.3, -0.25) is 14.6 Å². The average Bonchev–Trinajstić information content (AvgIpc) is 3.42. The topological polar surface area (TPSA) is 69.0 Å². The number of carbonyl (C=O) groups is 1. The van der Waals surface area contributed by atoms with Crippen LogP contribution in [0.25, 0.3) is 0 Å². The molecule has 8 heteroatoms. The first kappa shape index (κ1) is 23.4. The van der Waals surface area contributed by atoms with Gasteiger partial charge >= 0.3 is 0 Å². The molecule has 0 spiro atoms. The van der Waals surface area contributed by atoms with Gasteiger partial charge in [-0.2, -0.15) is 5.26 Å². The molecule has 180 valence electrons. The Morgan fingerprint density at radius 3 is 2.43 bits per heavy atom. The molecule has 2 aliphatic heterocycles. The second kappa shape index (κ2) is 10.9. The van der Waals surface area contributed by atoms with Crippen LogP contribution < -0.4 is 14.4 Å². The lowest BCUT2D eigenvalue weighted by Gasteiger charge is -2.35. The second-order valence-corrected chi connectivity index (χ2v) is 9.78. The predicted octanol–water partition coefficient (Wildman–Crippen LogP) is 3.74. The van der Waals surface area contributed by atoms with E-state index in [0.29, 0.717) is 37.6 Å². The van der Waals surface area contributed by atoms with Gasteiger partial charge in [0.15, 0.2) is 11.5 Å². The fourth-order valence-corrected chi connectivity index (χ4v) is 5.10. The van der Waals surface area contributed by atoms with Crippen molar-refractivity contribution in [1.29, 1.82) is 5.26 Å². The Kier molecular flexibility index (Phi) is 7.28. The second-order valence-electron chi connectivity index (χ2n) is 8.75. The van der Waals surface area contributed by atoms with E-state index < -0.39 is 0 Å². The van der Waals surface area contributed by atoms with Crippen LogP contribution in [0.15, 0.2) is 60.0 Å². The molecule has 0 atom stereocenters. The van der Waals surface area contributed by atoms with Crippen LogP contribution in [-0.4, -0.2) is 61.6 Å². The summed E-state index contributed by atoms with van der Waals surface area (Å²) in [4.78, 5) is 21.1. The Bertz CT molecular complexity index is 1180. The van der Waals surface area contributed by atoms with E-state index in [1.165, 1.54) is 5.56 Å². The lowest BCUT2D eigenvalue weighted by molar-refractivity contribution is -0.120. The van der Waals surface area contributed by atoms with Gasteiger partial charge in [0.25, 0.3) is 0 Å². The molecule has 3 aromatic rings. The third-order valence-electron chi connectivity index (χ3n) is 6.35. The molecule has 3 heterocycles. The van der Waals surface area contributed by atoms with Gasteiger partial charge in [0.2, 0.25) is 5.91 Å². The maximum Gasteiger partial charge on any atom is 0.241 e. The molecule has 1 saturated heterocycles. The van der Waals surface area contributed by atoms with E-state index in [1.807, 2.05) is 58.8 Å². The number of hydrogen-bond donors (Lipinski definition) is 0. The minimum absolute atomic E-state index is 0.0793. The first-order valence-electron chi connectivity index (χ1n) is 11.8. The largest absolute Gasteiger partial charge is 0.486 e. The summed E-state index contributed by atoms with van der Waals surface area (Å²) >= 11 is 1.65. The highest BCUT2D eigenvalue weighted by molar-refractivity contribution is 7.09. The van der Waals surface area contributed by atoms with Crippen LogP contribution in [0.5, 0.6) is 11.5 Å². The maximum absolute atomic E-state index is 13.5. The monoisotopic (exact) mass is 488 g/mol. The van der Waals surface area contributed by atoms with Crippen LogP contribution >= 0.6 is 11.3 Å². The van der Waals surface area contributed by atoms with E-state index in [2.05, 4.69) is 21.9 Å². The van der Waals surface area contributed by atoms with Crippen molar-refractivity contribution in [2.24, 2.45) is 0 Å². The number of anilines is 1. The number of nitriles is 1. The first-order chi connectivity index (χ1) is 17.2. The molecule has 0 N–H and O–H groups in total. The van der Waals surface area contributed by atoms with Crippen molar-refractivity contribution in [1.82, 2.24) is 9.80 Å². The summed E-state index contributed by atoms with van der Waals surface area (Å²) in [5.74, 6) is 1.49. The molecule has 0 aliphatic carbocycles. The number of thiophene rings is 1. The molecule has 5 rings (SSSR count). The Morgan fingerprint density at radius 1 is 0.971 bits per heavy atom. The van der Waals surface area contributed by atoms with Crippen molar-refractivity contribution in [3.63, 3.8) is 0 Å². The van der Waals surface area contributed by atoms with Crippen LogP contribution in [0, 0.1) is 11.3 Å². The van der Waals surface area contributed by atoms with Crippen molar-refractivity contribution in [2.75, 3.05) is 50.8 Å². The molecule has 2 aromatic carbocycles. The number of hydrogen-bond acceptors (Lipinski definition) is 7. The van der Waals surface area contributed by atoms with E-state index >= 15 is 0 Å². The molecule has 1 amide bonds. The minimum Gasteiger partial charge on any atom is -0.486 e.